The van der Waals surface area contributed by atoms with E-state index in [0.717, 1.165) is 193 Å². The van der Waals surface area contributed by atoms with Crippen LogP contribution in [0.2, 0.25) is 0 Å². The zero-order valence-electron chi connectivity index (χ0n) is 70.9. The highest BCUT2D eigenvalue weighted by Gasteiger charge is 2.52. The lowest BCUT2D eigenvalue weighted by Crippen LogP contribution is -2.66. The number of carbonyl (C=O) groups excluding carboxylic acids is 6. The van der Waals surface area contributed by atoms with Crippen molar-refractivity contribution in [3.05, 3.63) is 0 Å². The van der Waals surface area contributed by atoms with E-state index in [-0.39, 0.29) is 62.5 Å². The average molecular weight is 1560 g/mol. The van der Waals surface area contributed by atoms with Gasteiger partial charge in [-0.25, -0.2) is 4.57 Å². The predicted molar refractivity (Wildman–Crippen MR) is 440 cm³/mol. The van der Waals surface area contributed by atoms with Gasteiger partial charge in [-0.2, -0.15) is 0 Å². The molecule has 1 aliphatic heterocycles. The molecule has 1 amide bonds. The highest BCUT2D eigenvalue weighted by molar-refractivity contribution is 7.46. The van der Waals surface area contributed by atoms with Crippen molar-refractivity contribution in [2.45, 2.75) is 478 Å². The van der Waals surface area contributed by atoms with Crippen molar-refractivity contribution >= 4 is 43.2 Å². The van der Waals surface area contributed by atoms with Crippen molar-refractivity contribution in [1.82, 2.24) is 10.2 Å². The number of aliphatic hydroxyl groups excluding tert-OH is 2. The molecule has 0 bridgehead atoms. The van der Waals surface area contributed by atoms with E-state index in [2.05, 4.69) is 72.5 Å². The fourth-order valence-corrected chi connectivity index (χ4v) is 15.2. The van der Waals surface area contributed by atoms with Crippen LogP contribution in [0, 0.1) is 11.8 Å². The molecule has 0 unspecified atom stereocenters. The van der Waals surface area contributed by atoms with E-state index in [4.69, 9.17) is 28.2 Å². The number of hydrogen-bond acceptors (Lipinski definition) is 16. The molecule has 108 heavy (non-hydrogen) atoms. The Kier molecular flexibility index (Phi) is 72.3. The van der Waals surface area contributed by atoms with Crippen LogP contribution in [0.1, 0.15) is 435 Å². The normalized spacial score (nSPS) is 17.0. The minimum absolute atomic E-state index is 0.0803. The standard InChI is InChI=1S/C82H154NO17P.C6H15N/c1-7-13-19-25-31-34-40-43-49-55-68(72(86)58-52-46-37-28-22-16-10-4)63-78(91)99-81-79(83-75(88)65-71(57-51-45-42-36-33-27-21-15-9-3)97-77(90)60-54-48-39-30-24-18-12-6)82(98-74(66-85)80(81)100-101(92,93)94)95-67-69(61-62-84)73(87)64-70(56-50-44-41-35-32-26-20-14-8-2)96-76(89)59-53-47-38-29-23-17-11-5;1-4-7(5-2)6-3/h68-71,74,79-82,84-85H,7-67H2,1-6H3,(H,83,88)(H2,92,93,94);4-6H2,1-3H3/t68-,69+,70-,71-,74-,79-,80-,81-,82-;/m1./s1. The van der Waals surface area contributed by atoms with Gasteiger partial charge in [0.1, 0.15) is 42.0 Å². The molecule has 19 nitrogen and oxygen atoms in total. The zero-order valence-corrected chi connectivity index (χ0v) is 71.8. The van der Waals surface area contributed by atoms with Crippen molar-refractivity contribution in [1.29, 1.82) is 0 Å². The summed E-state index contributed by atoms with van der Waals surface area (Å²) < 4.78 is 49.8. The smallest absolute Gasteiger partial charge is 0.462 e. The Morgan fingerprint density at radius 1 is 0.398 bits per heavy atom. The van der Waals surface area contributed by atoms with Crippen LogP contribution in [0.25, 0.3) is 0 Å². The first kappa shape index (κ1) is 105. The third-order valence-corrected chi connectivity index (χ3v) is 22.2. The summed E-state index contributed by atoms with van der Waals surface area (Å²) in [4.78, 5) is 109. The molecule has 0 aromatic rings. The first-order chi connectivity index (χ1) is 52.3. The Labute approximate surface area is 660 Å². The molecular weight excluding hydrogens is 1390 g/mol. The van der Waals surface area contributed by atoms with Gasteiger partial charge >= 0.3 is 25.7 Å². The summed E-state index contributed by atoms with van der Waals surface area (Å²) in [7, 11) is -5.50. The SMILES string of the molecule is CCCCCCCCCCC[C@H](CC(=O)N[C@H]1[C@H](OC[C@H](CCO)C(=O)C[C@@H](CCCCCCCCCCC)OC(=O)CCCCCCCCC)O[C@H](CO)[C@@H](OP(=O)(O)O)[C@@H]1OC(=O)C[C@@H](CCCCCCCCCCC)C(=O)CCCCCCCCC)OC(=O)CCCCCCCCC.CCN(CC)CC. The lowest BCUT2D eigenvalue weighted by atomic mass is 9.90. The van der Waals surface area contributed by atoms with Crippen LogP contribution in [-0.4, -0.2) is 143 Å². The molecule has 638 valence electrons. The Morgan fingerprint density at radius 3 is 1.10 bits per heavy atom. The third-order valence-electron chi connectivity index (χ3n) is 21.6. The molecular formula is C88H169N2O17P. The number of phosphoric ester groups is 1. The van der Waals surface area contributed by atoms with E-state index < -0.39 is 100 Å². The number of ketones is 2. The summed E-state index contributed by atoms with van der Waals surface area (Å²) in [6, 6.07) is -1.64. The fraction of sp³-hybridized carbons (Fsp3) is 0.932. The highest BCUT2D eigenvalue weighted by atomic mass is 31.2. The van der Waals surface area contributed by atoms with Gasteiger partial charge in [0.25, 0.3) is 0 Å². The maximum atomic E-state index is 14.9. The second-order valence-electron chi connectivity index (χ2n) is 31.4. The van der Waals surface area contributed by atoms with E-state index in [0.29, 0.717) is 51.4 Å². The molecule has 9 atom stereocenters. The Bertz CT molecular complexity index is 2160. The molecule has 0 aromatic heterocycles. The van der Waals surface area contributed by atoms with Crippen LogP contribution < -0.4 is 5.32 Å². The summed E-state index contributed by atoms with van der Waals surface area (Å²) in [5.41, 5.74) is 0. The maximum Gasteiger partial charge on any atom is 0.470 e. The Morgan fingerprint density at radius 2 is 0.750 bits per heavy atom. The van der Waals surface area contributed by atoms with Gasteiger partial charge in [0.15, 0.2) is 12.4 Å². The number of unbranched alkanes of at least 4 members (excludes halogenated alkanes) is 42. The van der Waals surface area contributed by atoms with Crippen LogP contribution in [0.4, 0.5) is 0 Å². The largest absolute Gasteiger partial charge is 0.470 e. The van der Waals surface area contributed by atoms with E-state index >= 15 is 0 Å². The van der Waals surface area contributed by atoms with E-state index in [9.17, 15) is 53.3 Å². The van der Waals surface area contributed by atoms with Gasteiger partial charge in [0.2, 0.25) is 5.91 Å². The lowest BCUT2D eigenvalue weighted by molar-refractivity contribution is -0.273. The van der Waals surface area contributed by atoms with Gasteiger partial charge in [-0.05, 0) is 77.4 Å². The molecule has 0 saturated carbocycles. The topological polar surface area (TPSA) is 271 Å². The van der Waals surface area contributed by atoms with Crippen LogP contribution in [0.5, 0.6) is 0 Å². The Balaban J connectivity index is 0.0000155. The monoisotopic (exact) mass is 1560 g/mol. The number of hydrogen-bond donors (Lipinski definition) is 5. The number of nitrogens with zero attached hydrogens (tertiary/aromatic N) is 1. The number of rotatable bonds is 77. The van der Waals surface area contributed by atoms with Crippen LogP contribution in [0.15, 0.2) is 0 Å². The molecule has 1 heterocycles. The van der Waals surface area contributed by atoms with Crippen LogP contribution in [-0.2, 0) is 61.5 Å². The third kappa shape index (κ3) is 59.8. The van der Waals surface area contributed by atoms with E-state index in [1.54, 1.807) is 0 Å². The summed E-state index contributed by atoms with van der Waals surface area (Å²) >= 11 is 0. The highest BCUT2D eigenvalue weighted by Crippen LogP contribution is 2.43. The van der Waals surface area contributed by atoms with Crippen molar-refractivity contribution in [2.75, 3.05) is 39.5 Å². The van der Waals surface area contributed by atoms with Gasteiger partial charge < -0.3 is 53.9 Å². The summed E-state index contributed by atoms with van der Waals surface area (Å²) in [5, 5.41) is 24.5. The zero-order chi connectivity index (χ0) is 79.9. The molecule has 20 heteroatoms. The van der Waals surface area contributed by atoms with Gasteiger partial charge in [-0.1, -0.05) is 338 Å². The molecule has 0 aromatic carbocycles. The van der Waals surface area contributed by atoms with Crippen molar-refractivity contribution in [2.24, 2.45) is 11.8 Å². The van der Waals surface area contributed by atoms with E-state index in [1.165, 1.54) is 103 Å². The minimum Gasteiger partial charge on any atom is -0.462 e. The molecule has 1 saturated heterocycles. The number of esters is 3. The number of carbonyl (C=O) groups is 6. The summed E-state index contributed by atoms with van der Waals surface area (Å²) in [5.74, 6) is -4.62. The second kappa shape index (κ2) is 74.3. The summed E-state index contributed by atoms with van der Waals surface area (Å²) in [6.07, 6.45) is 42.2. The summed E-state index contributed by atoms with van der Waals surface area (Å²) in [6.45, 7) is 21.4. The predicted octanol–water partition coefficient (Wildman–Crippen LogP) is 21.9. The number of phosphoric acid groups is 1. The molecule has 1 fully saturated rings. The Hall–Kier alpha value is -2.87. The first-order valence-electron chi connectivity index (χ1n) is 45.2. The number of amides is 1. The minimum atomic E-state index is -5.50. The lowest BCUT2D eigenvalue weighted by Gasteiger charge is -2.45. The molecule has 0 spiro atoms. The molecule has 5 N–H and O–H groups in total. The average Bonchev–Trinajstić information content (AvgIpc) is 0.780. The number of Topliss-reactive ketones (excluding diaryl/α,β-unsaturated/α-hetero) is 2. The second-order valence-corrected chi connectivity index (χ2v) is 32.6. The quantitative estimate of drug-likeness (QED) is 0.0164. The number of aliphatic hydroxyl groups is 2. The van der Waals surface area contributed by atoms with Gasteiger partial charge in [-0.15, -0.1) is 0 Å². The van der Waals surface area contributed by atoms with Crippen LogP contribution >= 0.6 is 7.82 Å². The van der Waals surface area contributed by atoms with E-state index in [1.807, 2.05) is 0 Å². The molecule has 1 aliphatic rings. The van der Waals surface area contributed by atoms with Crippen molar-refractivity contribution < 1.29 is 81.5 Å². The van der Waals surface area contributed by atoms with Gasteiger partial charge in [-0.3, -0.25) is 33.3 Å². The fourth-order valence-electron chi connectivity index (χ4n) is 14.6. The number of nitrogens with one attached hydrogen (secondary N) is 1. The van der Waals surface area contributed by atoms with Gasteiger partial charge in [0.05, 0.1) is 26.1 Å². The maximum absolute atomic E-state index is 14.9. The molecule has 0 aliphatic carbocycles. The van der Waals surface area contributed by atoms with Crippen LogP contribution in [0.3, 0.4) is 0 Å². The van der Waals surface area contributed by atoms with Gasteiger partial charge in [0, 0.05) is 44.1 Å². The first-order valence-corrected chi connectivity index (χ1v) is 46.8. The molecule has 1 rings (SSSR count). The molecule has 0 radical (unpaired) electrons. The number of ether oxygens (including phenoxy) is 5. The van der Waals surface area contributed by atoms with Crippen molar-refractivity contribution in [3.63, 3.8) is 0 Å². The van der Waals surface area contributed by atoms with Crippen molar-refractivity contribution in [3.8, 4) is 0 Å².